The van der Waals surface area contributed by atoms with Gasteiger partial charge in [0.1, 0.15) is 5.75 Å². The van der Waals surface area contributed by atoms with Gasteiger partial charge in [0, 0.05) is 10.2 Å². The second kappa shape index (κ2) is 7.58. The summed E-state index contributed by atoms with van der Waals surface area (Å²) in [4.78, 5) is 12.3. The summed E-state index contributed by atoms with van der Waals surface area (Å²) in [5.74, 6) is 0.540. The Hall–Kier alpha value is -1.52. The monoisotopic (exact) mass is 407 g/mol. The number of ether oxygens (including phenoxy) is 1. The molecule has 0 aliphatic heterocycles. The summed E-state index contributed by atoms with van der Waals surface area (Å²) >= 11 is 9.37. The van der Waals surface area contributed by atoms with Crippen LogP contribution in [-0.4, -0.2) is 12.0 Å². The van der Waals surface area contributed by atoms with E-state index >= 15 is 0 Å². The number of hydrogen-bond acceptors (Lipinski definition) is 2. The lowest BCUT2D eigenvalue weighted by atomic mass is 9.92. The van der Waals surface area contributed by atoms with Crippen molar-refractivity contribution in [1.29, 1.82) is 0 Å². The highest BCUT2D eigenvalue weighted by Crippen LogP contribution is 2.27. The first-order valence-corrected chi connectivity index (χ1v) is 9.24. The number of carbonyl (C=O) groups excluding carboxylic acids is 1. The van der Waals surface area contributed by atoms with Gasteiger partial charge < -0.3 is 10.1 Å². The van der Waals surface area contributed by atoms with Gasteiger partial charge in [0.05, 0.1) is 5.02 Å². The van der Waals surface area contributed by atoms with Gasteiger partial charge in [-0.25, -0.2) is 0 Å². The number of halogens is 2. The van der Waals surface area contributed by atoms with E-state index in [-0.39, 0.29) is 5.91 Å². The summed E-state index contributed by atoms with van der Waals surface area (Å²) < 4.78 is 6.61. The number of benzene rings is 2. The van der Waals surface area contributed by atoms with E-state index in [9.17, 15) is 4.79 Å². The van der Waals surface area contributed by atoms with Gasteiger partial charge in [0.25, 0.3) is 5.91 Å². The van der Waals surface area contributed by atoms with Crippen molar-refractivity contribution in [2.75, 3.05) is 5.32 Å². The van der Waals surface area contributed by atoms with E-state index in [2.05, 4.69) is 33.4 Å². The molecule has 1 atom stereocenters. The summed E-state index contributed by atoms with van der Waals surface area (Å²) in [6, 6.07) is 11.4. The summed E-state index contributed by atoms with van der Waals surface area (Å²) in [5.41, 5.74) is 3.38. The minimum Gasteiger partial charge on any atom is -0.481 e. The molecule has 1 aliphatic rings. The average molecular weight is 409 g/mol. The van der Waals surface area contributed by atoms with Crippen LogP contribution in [0.5, 0.6) is 5.75 Å². The number of rotatable bonds is 4. The zero-order valence-electron chi connectivity index (χ0n) is 13.4. The van der Waals surface area contributed by atoms with Crippen molar-refractivity contribution in [1.82, 2.24) is 0 Å². The number of fused-ring (bicyclic) bond motifs is 1. The van der Waals surface area contributed by atoms with Gasteiger partial charge in [-0.2, -0.15) is 0 Å². The standard InChI is InChI=1S/C19H19BrClNO2/c1-12(19(23)22-15-7-9-17(20)18(21)11-15)24-16-8-6-13-4-2-3-5-14(13)10-16/h6-12H,2-5H2,1H3,(H,22,23)/t12-/m0/s1. The summed E-state index contributed by atoms with van der Waals surface area (Å²) in [5, 5.41) is 3.38. The van der Waals surface area contributed by atoms with E-state index in [1.165, 1.54) is 24.0 Å². The lowest BCUT2D eigenvalue weighted by molar-refractivity contribution is -0.122. The molecule has 5 heteroatoms. The van der Waals surface area contributed by atoms with Gasteiger partial charge in [-0.3, -0.25) is 4.79 Å². The Morgan fingerprint density at radius 1 is 1.17 bits per heavy atom. The predicted molar refractivity (Wildman–Crippen MR) is 101 cm³/mol. The molecule has 3 rings (SSSR count). The van der Waals surface area contributed by atoms with Crippen LogP contribution in [0, 0.1) is 0 Å². The number of anilines is 1. The molecule has 0 radical (unpaired) electrons. The molecule has 0 unspecified atom stereocenters. The second-order valence-corrected chi connectivity index (χ2v) is 7.28. The quantitative estimate of drug-likeness (QED) is 0.737. The third-order valence-corrected chi connectivity index (χ3v) is 5.42. The highest BCUT2D eigenvalue weighted by Gasteiger charge is 2.17. The van der Waals surface area contributed by atoms with E-state index in [0.717, 1.165) is 23.1 Å². The Balaban J connectivity index is 1.64. The largest absolute Gasteiger partial charge is 0.481 e. The van der Waals surface area contributed by atoms with Crippen LogP contribution in [-0.2, 0) is 17.6 Å². The lowest BCUT2D eigenvalue weighted by Gasteiger charge is -2.19. The Morgan fingerprint density at radius 2 is 1.92 bits per heavy atom. The fourth-order valence-electron chi connectivity index (χ4n) is 2.86. The maximum atomic E-state index is 12.3. The molecule has 0 saturated carbocycles. The van der Waals surface area contributed by atoms with Gasteiger partial charge in [-0.05, 0) is 90.0 Å². The number of carbonyl (C=O) groups is 1. The number of nitrogens with one attached hydrogen (secondary N) is 1. The molecule has 0 aromatic heterocycles. The van der Waals surface area contributed by atoms with Gasteiger partial charge in [0.15, 0.2) is 6.10 Å². The fourth-order valence-corrected chi connectivity index (χ4v) is 3.29. The Labute approximate surface area is 155 Å². The average Bonchev–Trinajstić information content (AvgIpc) is 2.58. The molecule has 24 heavy (non-hydrogen) atoms. The Bertz CT molecular complexity index is 763. The molecule has 2 aromatic rings. The molecule has 1 N–H and O–H groups in total. The minimum atomic E-state index is -0.589. The zero-order valence-corrected chi connectivity index (χ0v) is 15.8. The van der Waals surface area contributed by atoms with Crippen LogP contribution >= 0.6 is 27.5 Å². The summed E-state index contributed by atoms with van der Waals surface area (Å²) in [6.07, 6.45) is 4.10. The second-order valence-electron chi connectivity index (χ2n) is 6.02. The van der Waals surface area contributed by atoms with Crippen molar-refractivity contribution in [2.45, 2.75) is 38.7 Å². The summed E-state index contributed by atoms with van der Waals surface area (Å²) in [6.45, 7) is 1.75. The van der Waals surface area contributed by atoms with E-state index < -0.39 is 6.10 Å². The highest BCUT2D eigenvalue weighted by molar-refractivity contribution is 9.10. The van der Waals surface area contributed by atoms with Crippen LogP contribution in [0.2, 0.25) is 5.02 Å². The fraction of sp³-hybridized carbons (Fsp3) is 0.316. The maximum absolute atomic E-state index is 12.3. The molecule has 0 saturated heterocycles. The lowest BCUT2D eigenvalue weighted by Crippen LogP contribution is -2.30. The van der Waals surface area contributed by atoms with Crippen LogP contribution in [0.3, 0.4) is 0 Å². The molecule has 1 amide bonds. The number of aryl methyl sites for hydroxylation is 2. The first kappa shape index (κ1) is 17.3. The molecule has 0 heterocycles. The molecular weight excluding hydrogens is 390 g/mol. The van der Waals surface area contributed by atoms with Crippen LogP contribution in [0.4, 0.5) is 5.69 Å². The van der Waals surface area contributed by atoms with Crippen LogP contribution in [0.1, 0.15) is 30.9 Å². The third-order valence-electron chi connectivity index (χ3n) is 4.19. The van der Waals surface area contributed by atoms with Crippen LogP contribution < -0.4 is 10.1 Å². The minimum absolute atomic E-state index is 0.203. The van der Waals surface area contributed by atoms with Crippen molar-refractivity contribution in [3.8, 4) is 5.75 Å². The van der Waals surface area contributed by atoms with Crippen molar-refractivity contribution in [2.24, 2.45) is 0 Å². The smallest absolute Gasteiger partial charge is 0.265 e. The molecule has 0 spiro atoms. The molecule has 2 aromatic carbocycles. The Morgan fingerprint density at radius 3 is 2.67 bits per heavy atom. The SMILES string of the molecule is C[C@H](Oc1ccc2c(c1)CCCC2)C(=O)Nc1ccc(Br)c(Cl)c1. The summed E-state index contributed by atoms with van der Waals surface area (Å²) in [7, 11) is 0. The van der Waals surface area contributed by atoms with E-state index in [0.29, 0.717) is 10.7 Å². The normalized spacial score (nSPS) is 14.6. The predicted octanol–water partition coefficient (Wildman–Crippen LogP) is 5.39. The highest BCUT2D eigenvalue weighted by atomic mass is 79.9. The molecule has 0 fully saturated rings. The topological polar surface area (TPSA) is 38.3 Å². The number of hydrogen-bond donors (Lipinski definition) is 1. The first-order valence-electron chi connectivity index (χ1n) is 8.07. The molecule has 3 nitrogen and oxygen atoms in total. The molecular formula is C19H19BrClNO2. The van der Waals surface area contributed by atoms with Gasteiger partial charge in [0.2, 0.25) is 0 Å². The first-order chi connectivity index (χ1) is 11.5. The van der Waals surface area contributed by atoms with E-state index in [1.807, 2.05) is 6.07 Å². The van der Waals surface area contributed by atoms with Gasteiger partial charge in [-0.15, -0.1) is 0 Å². The zero-order chi connectivity index (χ0) is 17.1. The van der Waals surface area contributed by atoms with Crippen molar-refractivity contribution in [3.63, 3.8) is 0 Å². The molecule has 1 aliphatic carbocycles. The molecule has 126 valence electrons. The van der Waals surface area contributed by atoms with E-state index in [1.54, 1.807) is 25.1 Å². The Kier molecular flexibility index (Phi) is 5.47. The van der Waals surface area contributed by atoms with Gasteiger partial charge >= 0.3 is 0 Å². The maximum Gasteiger partial charge on any atom is 0.265 e. The third kappa shape index (κ3) is 4.11. The van der Waals surface area contributed by atoms with Crippen molar-refractivity contribution < 1.29 is 9.53 Å². The van der Waals surface area contributed by atoms with Crippen molar-refractivity contribution >= 4 is 39.1 Å². The van der Waals surface area contributed by atoms with Gasteiger partial charge in [-0.1, -0.05) is 17.7 Å². The number of amides is 1. The van der Waals surface area contributed by atoms with E-state index in [4.69, 9.17) is 16.3 Å². The molecule has 0 bridgehead atoms. The van der Waals surface area contributed by atoms with Crippen LogP contribution in [0.15, 0.2) is 40.9 Å². The van der Waals surface area contributed by atoms with Crippen molar-refractivity contribution in [3.05, 3.63) is 57.0 Å². The van der Waals surface area contributed by atoms with Crippen LogP contribution in [0.25, 0.3) is 0 Å².